The van der Waals surface area contributed by atoms with Crippen molar-refractivity contribution in [1.29, 1.82) is 0 Å². The van der Waals surface area contributed by atoms with E-state index in [0.717, 1.165) is 38.5 Å². The van der Waals surface area contributed by atoms with Crippen molar-refractivity contribution in [2.75, 3.05) is 19.8 Å². The number of nitrogens with one attached hydrogen (secondary N) is 1. The van der Waals surface area contributed by atoms with Crippen molar-refractivity contribution in [3.8, 4) is 0 Å². The highest BCUT2D eigenvalue weighted by molar-refractivity contribution is 6.74. The van der Waals surface area contributed by atoms with Gasteiger partial charge in [0.2, 0.25) is 0 Å². The van der Waals surface area contributed by atoms with Crippen molar-refractivity contribution < 1.29 is 23.7 Å². The number of aliphatic hydroxyl groups is 1. The first-order valence-electron chi connectivity index (χ1n) is 13.8. The molecule has 2 heterocycles. The third-order valence-corrected chi connectivity index (χ3v) is 12.8. The molecule has 0 spiro atoms. The second kappa shape index (κ2) is 11.4. The van der Waals surface area contributed by atoms with E-state index in [1.807, 2.05) is 0 Å². The molecule has 1 aromatic heterocycles. The number of aromatic nitrogens is 2. The number of hydrogen-bond donors (Lipinski definition) is 2. The van der Waals surface area contributed by atoms with Crippen LogP contribution in [-0.4, -0.2) is 66.2 Å². The van der Waals surface area contributed by atoms with Gasteiger partial charge in [-0.15, -0.1) is 0 Å². The lowest BCUT2D eigenvalue weighted by Gasteiger charge is -2.47. The van der Waals surface area contributed by atoms with Gasteiger partial charge in [-0.05, 0) is 50.7 Å². The molecular formula is C27H48N2O7Si. The molecule has 1 saturated carbocycles. The minimum Gasteiger partial charge on any atom is -0.408 e. The quantitative estimate of drug-likeness (QED) is 0.287. The maximum Gasteiger partial charge on any atom is 0.330 e. The third kappa shape index (κ3) is 5.99. The van der Waals surface area contributed by atoms with Gasteiger partial charge in [-0.2, -0.15) is 0 Å². The average molecular weight is 541 g/mol. The summed E-state index contributed by atoms with van der Waals surface area (Å²) in [6.45, 7) is 18.0. The Hall–Kier alpha value is -1.30. The monoisotopic (exact) mass is 540 g/mol. The van der Waals surface area contributed by atoms with E-state index < -0.39 is 49.2 Å². The standard InChI is InChI=1S/C27H48N2O7Si/c1-9-11-15-33-18-27(26(13-14-26)36-37(7,8)25(4,5)6)21(34-16-12-10-2)20(30)23(35-27)29-17-19(3)22(31)28-24(29)32/h17,20-21,23,30H,9-16,18H2,1-8H3,(H,28,31,32)/t20-,21?,23+,27-/m0/s1. The molecule has 2 aliphatic rings. The minimum absolute atomic E-state index is 0.0327. The molecule has 0 amide bonds. The maximum atomic E-state index is 12.8. The molecule has 0 aromatic carbocycles. The van der Waals surface area contributed by atoms with Crippen LogP contribution in [-0.2, 0) is 18.6 Å². The Morgan fingerprint density at radius 1 is 1.16 bits per heavy atom. The van der Waals surface area contributed by atoms with Gasteiger partial charge >= 0.3 is 5.69 Å². The van der Waals surface area contributed by atoms with Gasteiger partial charge in [0.05, 0.1) is 12.2 Å². The summed E-state index contributed by atoms with van der Waals surface area (Å²) >= 11 is 0. The summed E-state index contributed by atoms with van der Waals surface area (Å²) in [4.78, 5) is 27.2. The van der Waals surface area contributed by atoms with E-state index in [4.69, 9.17) is 18.6 Å². The second-order valence-corrected chi connectivity index (χ2v) is 17.0. The molecule has 1 aromatic rings. The Morgan fingerprint density at radius 2 is 1.78 bits per heavy atom. The van der Waals surface area contributed by atoms with Crippen molar-refractivity contribution in [3.05, 3.63) is 32.6 Å². The highest BCUT2D eigenvalue weighted by Gasteiger charge is 2.73. The number of unbranched alkanes of at least 4 members (excludes halogenated alkanes) is 2. The number of ether oxygens (including phenoxy) is 3. The Morgan fingerprint density at radius 3 is 2.35 bits per heavy atom. The molecule has 212 valence electrons. The Kier molecular flexibility index (Phi) is 9.35. The SMILES string of the molecule is CCCCOC[C@]1(C2(O[Si](C)(C)C(C)(C)C)CC2)O[C@@H](n2cc(C)c(=O)[nH]c2=O)[C@@H](O)C1OCCCC. The van der Waals surface area contributed by atoms with E-state index >= 15 is 0 Å². The Labute approximate surface area is 222 Å². The minimum atomic E-state index is -2.25. The number of H-pyrrole nitrogens is 1. The summed E-state index contributed by atoms with van der Waals surface area (Å²) in [7, 11) is -2.25. The molecule has 1 aliphatic carbocycles. The molecule has 4 atom stereocenters. The van der Waals surface area contributed by atoms with E-state index in [1.165, 1.54) is 10.8 Å². The number of aromatic amines is 1. The predicted octanol–water partition coefficient (Wildman–Crippen LogP) is 4.03. The smallest absolute Gasteiger partial charge is 0.330 e. The molecule has 2 fully saturated rings. The van der Waals surface area contributed by atoms with Crippen LogP contribution in [0.3, 0.4) is 0 Å². The lowest BCUT2D eigenvalue weighted by molar-refractivity contribution is -0.207. The van der Waals surface area contributed by atoms with Crippen molar-refractivity contribution in [2.24, 2.45) is 0 Å². The number of rotatable bonds is 13. The number of nitrogens with zero attached hydrogens (tertiary/aromatic N) is 1. The zero-order chi connectivity index (χ0) is 27.6. The first-order chi connectivity index (χ1) is 17.2. The lowest BCUT2D eigenvalue weighted by Crippen LogP contribution is -2.62. The van der Waals surface area contributed by atoms with Gasteiger partial charge in [0, 0.05) is 25.0 Å². The Bertz CT molecular complexity index is 1030. The van der Waals surface area contributed by atoms with Crippen LogP contribution in [0.15, 0.2) is 15.8 Å². The topological polar surface area (TPSA) is 112 Å². The maximum absolute atomic E-state index is 12.8. The van der Waals surface area contributed by atoms with E-state index in [9.17, 15) is 14.7 Å². The van der Waals surface area contributed by atoms with Gasteiger partial charge < -0.3 is 23.7 Å². The first-order valence-corrected chi connectivity index (χ1v) is 16.7. The van der Waals surface area contributed by atoms with Crippen molar-refractivity contribution in [1.82, 2.24) is 9.55 Å². The van der Waals surface area contributed by atoms with Crippen LogP contribution in [0, 0.1) is 6.92 Å². The van der Waals surface area contributed by atoms with Crippen molar-refractivity contribution in [2.45, 2.75) is 128 Å². The number of aryl methyl sites for hydroxylation is 1. The van der Waals surface area contributed by atoms with Crippen LogP contribution in [0.2, 0.25) is 18.1 Å². The Balaban J connectivity index is 2.10. The van der Waals surface area contributed by atoms with Gasteiger partial charge in [-0.3, -0.25) is 14.3 Å². The van der Waals surface area contributed by atoms with Gasteiger partial charge in [-0.1, -0.05) is 47.5 Å². The van der Waals surface area contributed by atoms with E-state index in [1.54, 1.807) is 6.92 Å². The van der Waals surface area contributed by atoms with Crippen LogP contribution in [0.5, 0.6) is 0 Å². The molecule has 1 aliphatic heterocycles. The first kappa shape index (κ1) is 30.2. The second-order valence-electron chi connectivity index (χ2n) is 12.3. The number of hydrogen-bond acceptors (Lipinski definition) is 7. The average Bonchev–Trinajstić information content (AvgIpc) is 3.52. The van der Waals surface area contributed by atoms with Gasteiger partial charge in [0.25, 0.3) is 5.56 Å². The van der Waals surface area contributed by atoms with E-state index in [-0.39, 0.29) is 11.6 Å². The highest BCUT2D eigenvalue weighted by atomic mass is 28.4. The number of aliphatic hydroxyl groups excluding tert-OH is 1. The molecule has 0 radical (unpaired) electrons. The van der Waals surface area contributed by atoms with Crippen molar-refractivity contribution >= 4 is 8.32 Å². The molecule has 37 heavy (non-hydrogen) atoms. The molecule has 1 saturated heterocycles. The summed E-state index contributed by atoms with van der Waals surface area (Å²) < 4.78 is 27.7. The fourth-order valence-corrected chi connectivity index (χ4v) is 6.47. The van der Waals surface area contributed by atoms with Gasteiger partial charge in [-0.25, -0.2) is 4.79 Å². The third-order valence-electron chi connectivity index (χ3n) is 8.30. The summed E-state index contributed by atoms with van der Waals surface area (Å²) in [6, 6.07) is 0. The zero-order valence-corrected chi connectivity index (χ0v) is 25.0. The summed E-state index contributed by atoms with van der Waals surface area (Å²) in [5, 5.41) is 11.6. The van der Waals surface area contributed by atoms with Crippen LogP contribution in [0.25, 0.3) is 0 Å². The molecular weight excluding hydrogens is 492 g/mol. The van der Waals surface area contributed by atoms with E-state index in [0.29, 0.717) is 18.8 Å². The summed E-state index contributed by atoms with van der Waals surface area (Å²) in [5.41, 5.74) is -2.55. The highest BCUT2D eigenvalue weighted by Crippen LogP contribution is 2.60. The summed E-state index contributed by atoms with van der Waals surface area (Å²) in [6.07, 6.45) is 3.64. The molecule has 2 N–H and O–H groups in total. The van der Waals surface area contributed by atoms with Crippen LogP contribution in [0.1, 0.15) is 84.9 Å². The van der Waals surface area contributed by atoms with E-state index in [2.05, 4.69) is 52.7 Å². The predicted molar refractivity (Wildman–Crippen MR) is 146 cm³/mol. The van der Waals surface area contributed by atoms with Crippen LogP contribution < -0.4 is 11.2 Å². The van der Waals surface area contributed by atoms with Crippen molar-refractivity contribution in [3.63, 3.8) is 0 Å². The zero-order valence-electron chi connectivity index (χ0n) is 24.0. The van der Waals surface area contributed by atoms with Crippen LogP contribution >= 0.6 is 0 Å². The lowest BCUT2D eigenvalue weighted by atomic mass is 9.87. The van der Waals surface area contributed by atoms with Gasteiger partial charge in [0.1, 0.15) is 12.2 Å². The summed E-state index contributed by atoms with van der Waals surface area (Å²) in [5.74, 6) is 0. The normalized spacial score (nSPS) is 27.5. The fraction of sp³-hybridized carbons (Fsp3) is 0.852. The molecule has 9 nitrogen and oxygen atoms in total. The van der Waals surface area contributed by atoms with Gasteiger partial charge in [0.15, 0.2) is 20.1 Å². The molecule has 3 rings (SSSR count). The molecule has 0 bridgehead atoms. The molecule has 10 heteroatoms. The fourth-order valence-electron chi connectivity index (χ4n) is 4.81. The largest absolute Gasteiger partial charge is 0.408 e. The molecule has 1 unspecified atom stereocenters. The van der Waals surface area contributed by atoms with Crippen LogP contribution in [0.4, 0.5) is 0 Å².